The van der Waals surface area contributed by atoms with Crippen molar-refractivity contribution in [1.82, 2.24) is 37.2 Å². The standard InChI is InChI=1S/C46H83N9O13/c1-11-28(10)38(48)45(66)51-29(14-12-13-19-47)39(60)49-30(15-17-36(56)57)40(61)52-32(20-24(2)3)42(63)50-31(16-18-37(58)59)41(62)53-33(21-25(4)5)43(64)54-34(22-26(6)7)44(65)55-35(46(67)68)23-27(8)9/h24-35,38H,11-23,47-48H2,1-10H3,(H,49,60)(H,50,63)(H,51,66)(H,52,61)(H,53,62)(H,54,64)(H,55,65)(H,56,57)(H,58,59)(H,67,68)/t28-,29-,30-,31-,32-,33-,34-,35-,38-/m0/s1. The Hall–Kier alpha value is -5.38. The number of rotatable bonds is 35. The molecule has 390 valence electrons. The molecule has 22 heteroatoms. The summed E-state index contributed by atoms with van der Waals surface area (Å²) in [6, 6.07) is -10.3. The molecule has 0 spiro atoms. The predicted octanol–water partition coefficient (Wildman–Crippen LogP) is 0.881. The smallest absolute Gasteiger partial charge is 0.326 e. The fraction of sp³-hybridized carbons (Fsp3) is 0.783. The first-order valence-corrected chi connectivity index (χ1v) is 23.9. The fourth-order valence-electron chi connectivity index (χ4n) is 7.05. The number of amides is 7. The Morgan fingerprint density at radius 3 is 0.985 bits per heavy atom. The predicted molar refractivity (Wildman–Crippen MR) is 253 cm³/mol. The summed E-state index contributed by atoms with van der Waals surface area (Å²) in [5.74, 6) is -10.5. The number of carbonyl (C=O) groups excluding carboxylic acids is 7. The van der Waals surface area contributed by atoms with Crippen LogP contribution in [-0.4, -0.2) is 129 Å². The molecule has 0 aromatic rings. The van der Waals surface area contributed by atoms with Crippen LogP contribution in [0.1, 0.15) is 146 Å². The minimum atomic E-state index is -1.57. The van der Waals surface area contributed by atoms with Gasteiger partial charge in [0.15, 0.2) is 0 Å². The van der Waals surface area contributed by atoms with E-state index in [0.29, 0.717) is 25.8 Å². The zero-order valence-corrected chi connectivity index (χ0v) is 41.8. The van der Waals surface area contributed by atoms with Crippen molar-refractivity contribution in [2.75, 3.05) is 6.54 Å². The molecule has 0 unspecified atom stereocenters. The highest BCUT2D eigenvalue weighted by molar-refractivity contribution is 5.98. The third-order valence-corrected chi connectivity index (χ3v) is 11.0. The first-order chi connectivity index (χ1) is 31.6. The molecule has 0 rings (SSSR count). The molecule has 14 N–H and O–H groups in total. The van der Waals surface area contributed by atoms with Gasteiger partial charge in [0.05, 0.1) is 6.04 Å². The Kier molecular flexibility index (Phi) is 29.8. The van der Waals surface area contributed by atoms with Crippen molar-refractivity contribution in [3.63, 3.8) is 0 Å². The van der Waals surface area contributed by atoms with E-state index in [4.69, 9.17) is 11.5 Å². The number of nitrogens with one attached hydrogen (secondary N) is 7. The second kappa shape index (κ2) is 32.4. The second-order valence-electron chi connectivity index (χ2n) is 19.3. The summed E-state index contributed by atoms with van der Waals surface area (Å²) in [4.78, 5) is 131. The molecule has 0 aliphatic carbocycles. The van der Waals surface area contributed by atoms with Gasteiger partial charge in [-0.1, -0.05) is 75.7 Å². The van der Waals surface area contributed by atoms with Crippen LogP contribution in [0.15, 0.2) is 0 Å². The SMILES string of the molecule is CC[C@H](C)[C@H](N)C(=O)N[C@@H](CCCCN)C(=O)N[C@@H](CCC(=O)O)C(=O)N[C@@H](CC(C)C)C(=O)N[C@@H](CCC(=O)O)C(=O)N[C@@H](CC(C)C)C(=O)N[C@@H](CC(C)C)C(=O)N[C@@H](CC(C)C)C(=O)O. The number of carboxylic acids is 3. The molecule has 68 heavy (non-hydrogen) atoms. The third-order valence-electron chi connectivity index (χ3n) is 11.0. The monoisotopic (exact) mass is 970 g/mol. The van der Waals surface area contributed by atoms with Crippen LogP contribution in [0.4, 0.5) is 0 Å². The first-order valence-electron chi connectivity index (χ1n) is 23.9. The molecule has 9 atom stereocenters. The van der Waals surface area contributed by atoms with E-state index in [2.05, 4.69) is 37.2 Å². The quantitative estimate of drug-likeness (QED) is 0.0392. The zero-order valence-electron chi connectivity index (χ0n) is 41.8. The van der Waals surface area contributed by atoms with Crippen LogP contribution in [0.5, 0.6) is 0 Å². The number of unbranched alkanes of at least 4 members (excludes halogenated alkanes) is 1. The van der Waals surface area contributed by atoms with Gasteiger partial charge >= 0.3 is 17.9 Å². The summed E-state index contributed by atoms with van der Waals surface area (Å²) in [6.07, 6.45) is -0.167. The first kappa shape index (κ1) is 62.6. The minimum absolute atomic E-state index is 0.0344. The Morgan fingerprint density at radius 2 is 0.691 bits per heavy atom. The van der Waals surface area contributed by atoms with Crippen molar-refractivity contribution in [2.24, 2.45) is 41.1 Å². The molecule has 22 nitrogen and oxygen atoms in total. The van der Waals surface area contributed by atoms with Crippen molar-refractivity contribution in [3.8, 4) is 0 Å². The number of hydrogen-bond acceptors (Lipinski definition) is 12. The second-order valence-corrected chi connectivity index (χ2v) is 19.3. The highest BCUT2D eigenvalue weighted by Crippen LogP contribution is 2.14. The van der Waals surface area contributed by atoms with Crippen molar-refractivity contribution in [3.05, 3.63) is 0 Å². The van der Waals surface area contributed by atoms with Crippen molar-refractivity contribution < 1.29 is 63.3 Å². The molecule has 0 heterocycles. The number of aliphatic carboxylic acids is 3. The summed E-state index contributed by atoms with van der Waals surface area (Å²) in [5.41, 5.74) is 11.8. The van der Waals surface area contributed by atoms with Gasteiger partial charge in [-0.3, -0.25) is 43.2 Å². The fourth-order valence-corrected chi connectivity index (χ4v) is 7.05. The maximum atomic E-state index is 14.1. The topological polar surface area (TPSA) is 368 Å². The summed E-state index contributed by atoms with van der Waals surface area (Å²) < 4.78 is 0. The van der Waals surface area contributed by atoms with Gasteiger partial charge < -0.3 is 64.0 Å². The average Bonchev–Trinajstić information content (AvgIpc) is 3.23. The summed E-state index contributed by atoms with van der Waals surface area (Å²) in [5, 5.41) is 46.7. The van der Waals surface area contributed by atoms with E-state index in [1.165, 1.54) is 0 Å². The van der Waals surface area contributed by atoms with Gasteiger partial charge in [0.25, 0.3) is 0 Å². The van der Waals surface area contributed by atoms with Crippen molar-refractivity contribution in [2.45, 2.75) is 195 Å². The molecule has 0 aliphatic heterocycles. The number of hydrogen-bond donors (Lipinski definition) is 12. The lowest BCUT2D eigenvalue weighted by atomic mass is 9.98. The Labute approximate surface area is 401 Å². The minimum Gasteiger partial charge on any atom is -0.481 e. The van der Waals surface area contributed by atoms with Crippen LogP contribution in [-0.2, 0) is 47.9 Å². The molecule has 0 saturated carbocycles. The van der Waals surface area contributed by atoms with Crippen LogP contribution in [0.2, 0.25) is 0 Å². The van der Waals surface area contributed by atoms with E-state index in [0.717, 1.165) is 0 Å². The lowest BCUT2D eigenvalue weighted by Gasteiger charge is -2.29. The van der Waals surface area contributed by atoms with E-state index < -0.39 is 133 Å². The van der Waals surface area contributed by atoms with Gasteiger partial charge in [-0.2, -0.15) is 0 Å². The molecule has 0 aliphatic rings. The molecule has 0 aromatic heterocycles. The van der Waals surface area contributed by atoms with E-state index in [-0.39, 0.29) is 61.7 Å². The lowest BCUT2D eigenvalue weighted by molar-refractivity contribution is -0.143. The summed E-state index contributed by atoms with van der Waals surface area (Å²) >= 11 is 0. The van der Waals surface area contributed by atoms with Crippen molar-refractivity contribution in [1.29, 1.82) is 0 Å². The van der Waals surface area contributed by atoms with E-state index in [9.17, 15) is 63.3 Å². The van der Waals surface area contributed by atoms with Gasteiger partial charge in [-0.25, -0.2) is 4.79 Å². The summed E-state index contributed by atoms with van der Waals surface area (Å²) in [6.45, 7) is 18.1. The van der Waals surface area contributed by atoms with E-state index >= 15 is 0 Å². The third kappa shape index (κ3) is 25.7. The summed E-state index contributed by atoms with van der Waals surface area (Å²) in [7, 11) is 0. The molecular weight excluding hydrogens is 887 g/mol. The largest absolute Gasteiger partial charge is 0.481 e. The number of carbonyl (C=O) groups is 10. The van der Waals surface area contributed by atoms with Crippen LogP contribution in [0, 0.1) is 29.6 Å². The van der Waals surface area contributed by atoms with Crippen molar-refractivity contribution >= 4 is 59.3 Å². The number of carboxylic acid groups (broad SMARTS) is 3. The lowest BCUT2D eigenvalue weighted by Crippen LogP contribution is -2.60. The van der Waals surface area contributed by atoms with Gasteiger partial charge in [0.1, 0.15) is 42.3 Å². The maximum absolute atomic E-state index is 14.1. The van der Waals surface area contributed by atoms with Crippen LogP contribution >= 0.6 is 0 Å². The maximum Gasteiger partial charge on any atom is 0.326 e. The van der Waals surface area contributed by atoms with Crippen LogP contribution in [0.25, 0.3) is 0 Å². The molecule has 0 fully saturated rings. The van der Waals surface area contributed by atoms with Gasteiger partial charge in [0, 0.05) is 12.8 Å². The Balaban J connectivity index is 6.71. The van der Waals surface area contributed by atoms with E-state index in [1.54, 1.807) is 62.3 Å². The Morgan fingerprint density at radius 1 is 0.412 bits per heavy atom. The molecule has 0 aromatic carbocycles. The zero-order chi connectivity index (χ0) is 52.4. The Bertz CT molecular complexity index is 1680. The van der Waals surface area contributed by atoms with Crippen LogP contribution in [0.3, 0.4) is 0 Å². The average molecular weight is 970 g/mol. The van der Waals surface area contributed by atoms with Crippen LogP contribution < -0.4 is 48.7 Å². The van der Waals surface area contributed by atoms with Gasteiger partial charge in [-0.15, -0.1) is 0 Å². The van der Waals surface area contributed by atoms with Gasteiger partial charge in [-0.05, 0) is 93.9 Å². The molecule has 0 saturated heterocycles. The van der Waals surface area contributed by atoms with Gasteiger partial charge in [0.2, 0.25) is 41.4 Å². The van der Waals surface area contributed by atoms with E-state index in [1.807, 2.05) is 6.92 Å². The highest BCUT2D eigenvalue weighted by atomic mass is 16.4. The number of nitrogens with two attached hydrogens (primary N) is 2. The normalized spacial score (nSPS) is 15.4. The molecule has 0 radical (unpaired) electrons. The molecule has 7 amide bonds. The highest BCUT2D eigenvalue weighted by Gasteiger charge is 2.35. The molecule has 0 bridgehead atoms. The molecular formula is C46H83N9O13.